The maximum absolute atomic E-state index is 12.7. The highest BCUT2D eigenvalue weighted by Crippen LogP contribution is 2.24. The lowest BCUT2D eigenvalue weighted by atomic mass is 10.1. The van der Waals surface area contributed by atoms with Crippen LogP contribution in [0.25, 0.3) is 0 Å². The molecule has 0 spiro atoms. The van der Waals surface area contributed by atoms with E-state index in [4.69, 9.17) is 0 Å². The zero-order valence-corrected chi connectivity index (χ0v) is 15.0. The minimum Gasteiger partial charge on any atom is -0.355 e. The number of sulfonamides is 1. The Labute approximate surface area is 143 Å². The van der Waals surface area contributed by atoms with Crippen LogP contribution in [-0.2, 0) is 10.0 Å². The van der Waals surface area contributed by atoms with E-state index in [1.807, 2.05) is 25.1 Å². The molecule has 1 fully saturated rings. The summed E-state index contributed by atoms with van der Waals surface area (Å²) in [5.41, 5.74) is 2.49. The molecule has 0 saturated carbocycles. The molecule has 24 heavy (non-hydrogen) atoms. The Kier molecular flexibility index (Phi) is 4.45. The number of aromatic nitrogens is 2. The van der Waals surface area contributed by atoms with Crippen LogP contribution in [-0.4, -0.2) is 31.7 Å². The lowest BCUT2D eigenvalue weighted by molar-refractivity contribution is 0.599. The molecule has 0 unspecified atom stereocenters. The normalized spacial score (nSPS) is 14.9. The third-order valence-corrected chi connectivity index (χ3v) is 5.85. The van der Waals surface area contributed by atoms with Gasteiger partial charge < -0.3 is 4.90 Å². The quantitative estimate of drug-likeness (QED) is 0.921. The Bertz CT molecular complexity index is 818. The molecule has 0 bridgehead atoms. The van der Waals surface area contributed by atoms with Gasteiger partial charge in [0.2, 0.25) is 0 Å². The van der Waals surface area contributed by atoms with Gasteiger partial charge in [0.1, 0.15) is 0 Å². The SMILES string of the molecule is Cc1cc(C)c(S(=O)(=O)Nc2ccc(N3CCCC3)nn2)c(C)c1. The molecule has 1 N–H and O–H groups in total. The average molecular weight is 346 g/mol. The fourth-order valence-corrected chi connectivity index (χ4v) is 4.73. The highest BCUT2D eigenvalue weighted by atomic mass is 32.2. The van der Waals surface area contributed by atoms with E-state index in [-0.39, 0.29) is 5.82 Å². The zero-order chi connectivity index (χ0) is 17.3. The molecule has 2 heterocycles. The topological polar surface area (TPSA) is 75.2 Å². The number of anilines is 2. The van der Waals surface area contributed by atoms with Crippen LogP contribution in [0.5, 0.6) is 0 Å². The molecule has 7 heteroatoms. The molecule has 0 amide bonds. The van der Waals surface area contributed by atoms with Crippen LogP contribution < -0.4 is 9.62 Å². The summed E-state index contributed by atoms with van der Waals surface area (Å²) in [6.45, 7) is 7.50. The van der Waals surface area contributed by atoms with Gasteiger partial charge in [-0.2, -0.15) is 0 Å². The predicted molar refractivity (Wildman–Crippen MR) is 94.9 cm³/mol. The molecule has 0 aliphatic carbocycles. The van der Waals surface area contributed by atoms with Crippen LogP contribution in [0.1, 0.15) is 29.5 Å². The summed E-state index contributed by atoms with van der Waals surface area (Å²) < 4.78 is 27.9. The molecule has 2 aromatic rings. The minimum absolute atomic E-state index is 0.234. The Morgan fingerprint density at radius 1 is 1.00 bits per heavy atom. The Hall–Kier alpha value is -2.15. The second-order valence-corrected chi connectivity index (χ2v) is 7.92. The van der Waals surface area contributed by atoms with Crippen LogP contribution in [0.3, 0.4) is 0 Å². The van der Waals surface area contributed by atoms with E-state index in [9.17, 15) is 8.42 Å². The van der Waals surface area contributed by atoms with E-state index < -0.39 is 10.0 Å². The zero-order valence-electron chi connectivity index (χ0n) is 14.2. The van der Waals surface area contributed by atoms with E-state index in [0.717, 1.165) is 48.4 Å². The second-order valence-electron chi connectivity index (χ2n) is 6.30. The highest BCUT2D eigenvalue weighted by molar-refractivity contribution is 7.92. The van der Waals surface area contributed by atoms with Gasteiger partial charge in [0.15, 0.2) is 11.6 Å². The van der Waals surface area contributed by atoms with Crippen molar-refractivity contribution in [2.24, 2.45) is 0 Å². The van der Waals surface area contributed by atoms with Gasteiger partial charge in [0, 0.05) is 13.1 Å². The van der Waals surface area contributed by atoms with Crippen LogP contribution in [0.4, 0.5) is 11.6 Å². The van der Waals surface area contributed by atoms with Crippen molar-refractivity contribution in [2.75, 3.05) is 22.7 Å². The average Bonchev–Trinajstić information content (AvgIpc) is 3.00. The van der Waals surface area contributed by atoms with E-state index in [0.29, 0.717) is 4.90 Å². The molecule has 0 atom stereocenters. The van der Waals surface area contributed by atoms with Gasteiger partial charge in [-0.15, -0.1) is 10.2 Å². The molecule has 128 valence electrons. The first-order valence-corrected chi connectivity index (χ1v) is 9.54. The molecule has 1 aliphatic heterocycles. The molecule has 1 saturated heterocycles. The Morgan fingerprint density at radius 3 is 2.17 bits per heavy atom. The van der Waals surface area contributed by atoms with Crippen LogP contribution in [0.15, 0.2) is 29.2 Å². The smallest absolute Gasteiger partial charge is 0.263 e. The van der Waals surface area contributed by atoms with E-state index in [2.05, 4.69) is 19.8 Å². The van der Waals surface area contributed by atoms with Gasteiger partial charge in [-0.1, -0.05) is 17.7 Å². The Balaban J connectivity index is 1.84. The molecule has 1 aromatic carbocycles. The number of nitrogens with one attached hydrogen (secondary N) is 1. The Morgan fingerprint density at radius 2 is 1.62 bits per heavy atom. The number of aryl methyl sites for hydroxylation is 3. The van der Waals surface area contributed by atoms with Crippen molar-refractivity contribution < 1.29 is 8.42 Å². The number of nitrogens with zero attached hydrogens (tertiary/aromatic N) is 3. The van der Waals surface area contributed by atoms with Crippen LogP contribution >= 0.6 is 0 Å². The van der Waals surface area contributed by atoms with Crippen molar-refractivity contribution in [1.82, 2.24) is 10.2 Å². The molecule has 3 rings (SSSR count). The molecule has 6 nitrogen and oxygen atoms in total. The monoisotopic (exact) mass is 346 g/mol. The lowest BCUT2D eigenvalue weighted by Crippen LogP contribution is -2.20. The van der Waals surface area contributed by atoms with Crippen molar-refractivity contribution in [3.05, 3.63) is 41.0 Å². The summed E-state index contributed by atoms with van der Waals surface area (Å²) in [6, 6.07) is 7.20. The molecule has 1 aliphatic rings. The number of hydrogen-bond donors (Lipinski definition) is 1. The summed E-state index contributed by atoms with van der Waals surface area (Å²) in [4.78, 5) is 2.46. The summed E-state index contributed by atoms with van der Waals surface area (Å²) in [6.07, 6.45) is 2.31. The van der Waals surface area contributed by atoms with Gasteiger partial charge in [0.25, 0.3) is 10.0 Å². The maximum Gasteiger partial charge on any atom is 0.263 e. The van der Waals surface area contributed by atoms with E-state index in [1.54, 1.807) is 19.9 Å². The van der Waals surface area contributed by atoms with Crippen molar-refractivity contribution in [3.8, 4) is 0 Å². The molecule has 1 aromatic heterocycles. The summed E-state index contributed by atoms with van der Waals surface area (Å²) in [5, 5.41) is 8.18. The van der Waals surface area contributed by atoms with E-state index in [1.165, 1.54) is 0 Å². The standard InChI is InChI=1S/C17H22N4O2S/c1-12-10-13(2)17(14(3)11-12)24(22,23)20-15-6-7-16(19-18-15)21-8-4-5-9-21/h6-7,10-11H,4-5,8-9H2,1-3H3,(H,18,20). The highest BCUT2D eigenvalue weighted by Gasteiger charge is 2.21. The van der Waals surface area contributed by atoms with Crippen LogP contribution in [0, 0.1) is 20.8 Å². The van der Waals surface area contributed by atoms with Crippen molar-refractivity contribution in [1.29, 1.82) is 0 Å². The van der Waals surface area contributed by atoms with Crippen molar-refractivity contribution >= 4 is 21.7 Å². The first-order valence-electron chi connectivity index (χ1n) is 8.06. The van der Waals surface area contributed by atoms with Crippen molar-refractivity contribution in [2.45, 2.75) is 38.5 Å². The van der Waals surface area contributed by atoms with Gasteiger partial charge >= 0.3 is 0 Å². The second kappa shape index (κ2) is 6.39. The summed E-state index contributed by atoms with van der Waals surface area (Å²) >= 11 is 0. The van der Waals surface area contributed by atoms with Crippen LogP contribution in [0.2, 0.25) is 0 Å². The first kappa shape index (κ1) is 16.7. The van der Waals surface area contributed by atoms with Crippen molar-refractivity contribution in [3.63, 3.8) is 0 Å². The fourth-order valence-electron chi connectivity index (χ4n) is 3.27. The van der Waals surface area contributed by atoms with Gasteiger partial charge in [0.05, 0.1) is 4.90 Å². The number of hydrogen-bond acceptors (Lipinski definition) is 5. The third-order valence-electron chi connectivity index (χ3n) is 4.19. The van der Waals surface area contributed by atoms with Gasteiger partial charge in [-0.25, -0.2) is 8.42 Å². The molecule has 0 radical (unpaired) electrons. The number of rotatable bonds is 4. The largest absolute Gasteiger partial charge is 0.355 e. The molecular formula is C17H22N4O2S. The molecular weight excluding hydrogens is 324 g/mol. The van der Waals surface area contributed by atoms with E-state index >= 15 is 0 Å². The predicted octanol–water partition coefficient (Wildman–Crippen LogP) is 2.80. The minimum atomic E-state index is -3.69. The summed E-state index contributed by atoms with van der Waals surface area (Å²) in [7, 11) is -3.69. The lowest BCUT2D eigenvalue weighted by Gasteiger charge is -2.16. The van der Waals surface area contributed by atoms with Gasteiger partial charge in [-0.05, 0) is 56.9 Å². The third kappa shape index (κ3) is 3.36. The number of benzene rings is 1. The summed E-state index contributed by atoms with van der Waals surface area (Å²) in [5.74, 6) is 1.02. The fraction of sp³-hybridized carbons (Fsp3) is 0.412. The van der Waals surface area contributed by atoms with Gasteiger partial charge in [-0.3, -0.25) is 4.72 Å². The first-order chi connectivity index (χ1) is 11.4. The maximum atomic E-state index is 12.7.